The summed E-state index contributed by atoms with van der Waals surface area (Å²) in [6, 6.07) is 0. The molecular formula is C6H13O4P. The van der Waals surface area contributed by atoms with Gasteiger partial charge in [0.15, 0.2) is 8.69 Å². The molecule has 0 rings (SSSR count). The number of ether oxygens (including phenoxy) is 1. The van der Waals surface area contributed by atoms with Crippen LogP contribution in [0.2, 0.25) is 0 Å². The van der Waals surface area contributed by atoms with Crippen LogP contribution in [0.4, 0.5) is 0 Å². The summed E-state index contributed by atoms with van der Waals surface area (Å²) >= 11 is 0. The first-order valence-electron chi connectivity index (χ1n) is 3.23. The molecule has 1 N–H and O–H groups in total. The Morgan fingerprint density at radius 2 is 2.36 bits per heavy atom. The molecule has 0 aromatic carbocycles. The van der Waals surface area contributed by atoms with Gasteiger partial charge in [0.05, 0.1) is 19.8 Å². The highest BCUT2D eigenvalue weighted by Crippen LogP contribution is 1.96. The molecule has 0 saturated carbocycles. The summed E-state index contributed by atoms with van der Waals surface area (Å²) < 4.78 is 19.3. The molecule has 0 aliphatic heterocycles. The highest BCUT2D eigenvalue weighted by molar-refractivity contribution is 7.17. The number of aliphatic hydroxyl groups is 1. The van der Waals surface area contributed by atoms with Gasteiger partial charge in [-0.25, -0.2) is 0 Å². The van der Waals surface area contributed by atoms with E-state index in [1.807, 2.05) is 0 Å². The highest BCUT2D eigenvalue weighted by Gasteiger charge is 2.01. The Hall–Kier alpha value is -0.150. The molecular weight excluding hydrogens is 167 g/mol. The fourth-order valence-electron chi connectivity index (χ4n) is 0.486. The second-order valence-corrected chi connectivity index (χ2v) is 2.44. The Labute approximate surface area is 67.1 Å². The lowest BCUT2D eigenvalue weighted by Gasteiger charge is -2.07. The predicted molar refractivity (Wildman–Crippen MR) is 43.4 cm³/mol. The molecule has 0 radical (unpaired) electrons. The Morgan fingerprint density at radius 1 is 1.64 bits per heavy atom. The summed E-state index contributed by atoms with van der Waals surface area (Å²) in [5.41, 5.74) is 0. The van der Waals surface area contributed by atoms with Crippen LogP contribution in [0, 0.1) is 0 Å². The van der Waals surface area contributed by atoms with Gasteiger partial charge in [-0.15, -0.1) is 6.58 Å². The minimum Gasteiger partial charge on any atom is -0.388 e. The van der Waals surface area contributed by atoms with Gasteiger partial charge in [-0.1, -0.05) is 6.08 Å². The van der Waals surface area contributed by atoms with Crippen molar-refractivity contribution in [3.8, 4) is 0 Å². The first-order valence-corrected chi connectivity index (χ1v) is 4.17. The minimum absolute atomic E-state index is 0.0655. The minimum atomic E-state index is -1.24. The maximum Gasteiger partial charge on any atom is 0.180 e. The molecule has 5 heteroatoms. The van der Waals surface area contributed by atoms with E-state index < -0.39 is 14.8 Å². The van der Waals surface area contributed by atoms with E-state index in [1.54, 1.807) is 6.08 Å². The Kier molecular flexibility index (Phi) is 7.84. The Bertz CT molecular complexity index is 117. The van der Waals surface area contributed by atoms with Crippen molar-refractivity contribution >= 4 is 8.69 Å². The molecule has 0 aromatic heterocycles. The van der Waals surface area contributed by atoms with Crippen LogP contribution < -0.4 is 0 Å². The van der Waals surface area contributed by atoms with Crippen molar-refractivity contribution in [2.75, 3.05) is 19.8 Å². The molecule has 0 aliphatic carbocycles. The largest absolute Gasteiger partial charge is 0.388 e. The number of rotatable bonds is 7. The van der Waals surface area contributed by atoms with Gasteiger partial charge >= 0.3 is 0 Å². The fourth-order valence-corrected chi connectivity index (χ4v) is 0.787. The molecule has 0 fully saturated rings. The van der Waals surface area contributed by atoms with Crippen molar-refractivity contribution in [2.45, 2.75) is 6.10 Å². The summed E-state index contributed by atoms with van der Waals surface area (Å²) in [7, 11) is -1.24. The normalized spacial score (nSPS) is 13.9. The molecule has 2 atom stereocenters. The van der Waals surface area contributed by atoms with E-state index in [1.165, 1.54) is 0 Å². The average Bonchev–Trinajstić information content (AvgIpc) is 2.01. The second-order valence-electron chi connectivity index (χ2n) is 1.91. The molecule has 0 aliphatic rings. The lowest BCUT2D eigenvalue weighted by molar-refractivity contribution is 0.0242. The molecule has 0 bridgehead atoms. The molecule has 11 heavy (non-hydrogen) atoms. The highest BCUT2D eigenvalue weighted by atomic mass is 31.1. The third kappa shape index (κ3) is 7.75. The zero-order valence-corrected chi connectivity index (χ0v) is 7.39. The van der Waals surface area contributed by atoms with E-state index in [0.29, 0.717) is 6.61 Å². The molecule has 0 saturated heterocycles. The summed E-state index contributed by atoms with van der Waals surface area (Å²) in [5, 5.41) is 9.00. The zero-order valence-electron chi connectivity index (χ0n) is 6.23. The summed E-state index contributed by atoms with van der Waals surface area (Å²) in [6.45, 7) is 4.09. The van der Waals surface area contributed by atoms with Crippen LogP contribution in [-0.2, 0) is 13.8 Å². The van der Waals surface area contributed by atoms with E-state index in [-0.39, 0.29) is 13.2 Å². The predicted octanol–water partition coefficient (Wildman–Crippen LogP) is 0.238. The summed E-state index contributed by atoms with van der Waals surface area (Å²) in [4.78, 5) is 0. The van der Waals surface area contributed by atoms with Gasteiger partial charge in [0.2, 0.25) is 0 Å². The monoisotopic (exact) mass is 180 g/mol. The van der Waals surface area contributed by atoms with Crippen LogP contribution in [0.3, 0.4) is 0 Å². The van der Waals surface area contributed by atoms with Gasteiger partial charge in [0.1, 0.15) is 6.10 Å². The van der Waals surface area contributed by atoms with Crippen LogP contribution in [0.15, 0.2) is 12.7 Å². The molecule has 0 amide bonds. The molecule has 66 valence electrons. The van der Waals surface area contributed by atoms with Crippen molar-refractivity contribution < 1.29 is 18.9 Å². The standard InChI is InChI=1S/C6H13O4P/c1-2-3-9-4-6(7)5-10-11-8/h2,6-7H,1,3-5,11H2. The van der Waals surface area contributed by atoms with Crippen molar-refractivity contribution in [2.24, 2.45) is 0 Å². The lowest BCUT2D eigenvalue weighted by atomic mass is 10.4. The lowest BCUT2D eigenvalue weighted by Crippen LogP contribution is -2.19. The first-order chi connectivity index (χ1) is 5.31. The van der Waals surface area contributed by atoms with Crippen molar-refractivity contribution in [1.82, 2.24) is 0 Å². The van der Waals surface area contributed by atoms with Crippen LogP contribution in [-0.4, -0.2) is 31.0 Å². The van der Waals surface area contributed by atoms with Gasteiger partial charge in [-0.2, -0.15) is 0 Å². The van der Waals surface area contributed by atoms with Gasteiger partial charge in [-0.05, 0) is 0 Å². The third-order valence-electron chi connectivity index (χ3n) is 0.903. The summed E-state index contributed by atoms with van der Waals surface area (Å²) in [6.07, 6.45) is 0.892. The SMILES string of the molecule is C=CCOCC(O)CO[PH2]=O. The Balaban J connectivity index is 3.14. The fraction of sp³-hybridized carbons (Fsp3) is 0.667. The molecule has 0 spiro atoms. The van der Waals surface area contributed by atoms with E-state index in [2.05, 4.69) is 11.1 Å². The molecule has 0 heterocycles. The van der Waals surface area contributed by atoms with E-state index in [4.69, 9.17) is 9.84 Å². The van der Waals surface area contributed by atoms with E-state index in [9.17, 15) is 4.57 Å². The van der Waals surface area contributed by atoms with Gasteiger partial charge in [-0.3, -0.25) is 4.57 Å². The van der Waals surface area contributed by atoms with Crippen LogP contribution in [0.5, 0.6) is 0 Å². The maximum atomic E-state index is 9.86. The van der Waals surface area contributed by atoms with Crippen molar-refractivity contribution in [3.05, 3.63) is 12.7 Å². The van der Waals surface area contributed by atoms with Crippen LogP contribution in [0.1, 0.15) is 0 Å². The van der Waals surface area contributed by atoms with Gasteiger partial charge in [0, 0.05) is 0 Å². The molecule has 0 aromatic rings. The van der Waals surface area contributed by atoms with Crippen molar-refractivity contribution in [3.63, 3.8) is 0 Å². The number of hydrogen-bond donors (Lipinski definition) is 1. The average molecular weight is 180 g/mol. The van der Waals surface area contributed by atoms with E-state index >= 15 is 0 Å². The summed E-state index contributed by atoms with van der Waals surface area (Å²) in [5.74, 6) is 0. The molecule has 4 nitrogen and oxygen atoms in total. The van der Waals surface area contributed by atoms with Gasteiger partial charge in [0.25, 0.3) is 0 Å². The van der Waals surface area contributed by atoms with Crippen LogP contribution >= 0.6 is 8.69 Å². The second kappa shape index (κ2) is 7.95. The van der Waals surface area contributed by atoms with Gasteiger partial charge < -0.3 is 14.4 Å². The third-order valence-corrected chi connectivity index (χ3v) is 1.23. The quantitative estimate of drug-likeness (QED) is 0.346. The van der Waals surface area contributed by atoms with E-state index in [0.717, 1.165) is 0 Å². The Morgan fingerprint density at radius 3 is 2.91 bits per heavy atom. The number of hydrogen-bond acceptors (Lipinski definition) is 4. The van der Waals surface area contributed by atoms with Crippen LogP contribution in [0.25, 0.3) is 0 Å². The number of aliphatic hydroxyl groups excluding tert-OH is 1. The maximum absolute atomic E-state index is 9.86. The van der Waals surface area contributed by atoms with Crippen molar-refractivity contribution in [1.29, 1.82) is 0 Å². The zero-order chi connectivity index (χ0) is 8.53. The first kappa shape index (κ1) is 10.8. The smallest absolute Gasteiger partial charge is 0.180 e. The molecule has 2 unspecified atom stereocenters. The topological polar surface area (TPSA) is 55.8 Å².